The highest BCUT2D eigenvalue weighted by atomic mass is 31.2. The van der Waals surface area contributed by atoms with Crippen LogP contribution in [0.25, 0.3) is 0 Å². The van der Waals surface area contributed by atoms with Crippen molar-refractivity contribution in [1.82, 2.24) is 5.32 Å². The standard InChI is InChI=1S/C60H103N2O6P/c1-6-8-10-12-14-16-18-20-22-24-26-27-28-29-30-31-32-33-34-35-36-38-40-42-44-46-48-50-52-54-60(64)61-58(57-68-69(65,66)67-56-55-62(3,4)5)59(63)53-51-49-47-45-43-41-39-37-25-23-21-19-17-15-13-11-9-7-2/h8,10,14,16,20,22,25-27,29-30,32-33,35-37,43,45,51,53,58-59,63H,6-7,9,11-13,15,17-19,21,23-24,28,31,34,38-42,44,46-50,52,54-57H2,1-5H3,(H-,61,64,65,66)/p+1/b10-8-,16-14-,22-20-,27-26-,30-29-,33-32-,36-35-,37-25+,45-43+,53-51+. The van der Waals surface area contributed by atoms with Crippen LogP contribution in [0, 0.1) is 0 Å². The van der Waals surface area contributed by atoms with Gasteiger partial charge in [0.15, 0.2) is 0 Å². The highest BCUT2D eigenvalue weighted by Crippen LogP contribution is 2.43. The number of hydrogen-bond acceptors (Lipinski definition) is 5. The number of quaternary nitrogens is 1. The number of carbonyl (C=O) groups excluding carboxylic acids is 1. The van der Waals surface area contributed by atoms with Crippen LogP contribution < -0.4 is 5.32 Å². The number of carbonyl (C=O) groups is 1. The molecule has 0 aromatic heterocycles. The van der Waals surface area contributed by atoms with Gasteiger partial charge in [-0.25, -0.2) is 4.57 Å². The van der Waals surface area contributed by atoms with Crippen LogP contribution in [-0.4, -0.2) is 73.4 Å². The summed E-state index contributed by atoms with van der Waals surface area (Å²) in [5.74, 6) is -0.208. The van der Waals surface area contributed by atoms with Crippen molar-refractivity contribution in [3.05, 3.63) is 122 Å². The number of unbranched alkanes of at least 4 members (excludes halogenated alkanes) is 17. The van der Waals surface area contributed by atoms with Gasteiger partial charge in [0.25, 0.3) is 0 Å². The van der Waals surface area contributed by atoms with Crippen molar-refractivity contribution in [1.29, 1.82) is 0 Å². The van der Waals surface area contributed by atoms with Gasteiger partial charge in [-0.3, -0.25) is 13.8 Å². The van der Waals surface area contributed by atoms with Crippen LogP contribution in [0.2, 0.25) is 0 Å². The highest BCUT2D eigenvalue weighted by molar-refractivity contribution is 7.47. The van der Waals surface area contributed by atoms with Crippen molar-refractivity contribution in [3.63, 3.8) is 0 Å². The number of hydrogen-bond donors (Lipinski definition) is 3. The van der Waals surface area contributed by atoms with Gasteiger partial charge in [-0.05, 0) is 103 Å². The summed E-state index contributed by atoms with van der Waals surface area (Å²) >= 11 is 0. The highest BCUT2D eigenvalue weighted by Gasteiger charge is 2.27. The molecule has 0 bridgehead atoms. The van der Waals surface area contributed by atoms with Gasteiger partial charge >= 0.3 is 7.82 Å². The Morgan fingerprint density at radius 1 is 0.507 bits per heavy atom. The minimum atomic E-state index is -4.37. The zero-order valence-corrected chi connectivity index (χ0v) is 45.6. The first-order valence-corrected chi connectivity index (χ1v) is 28.9. The van der Waals surface area contributed by atoms with Crippen LogP contribution in [-0.2, 0) is 18.4 Å². The number of amides is 1. The molecule has 3 atom stereocenters. The Balaban J connectivity index is 4.36. The third-order valence-electron chi connectivity index (χ3n) is 11.4. The first kappa shape index (κ1) is 65.9. The summed E-state index contributed by atoms with van der Waals surface area (Å²) in [6, 6.07) is -0.885. The number of phosphoric acid groups is 1. The van der Waals surface area contributed by atoms with Gasteiger partial charge in [0.05, 0.1) is 39.9 Å². The lowest BCUT2D eigenvalue weighted by molar-refractivity contribution is -0.870. The van der Waals surface area contributed by atoms with E-state index in [1.807, 2.05) is 27.2 Å². The molecule has 0 saturated carbocycles. The molecule has 0 spiro atoms. The van der Waals surface area contributed by atoms with E-state index in [1.54, 1.807) is 6.08 Å². The average molecular weight is 980 g/mol. The van der Waals surface area contributed by atoms with Gasteiger partial charge in [-0.2, -0.15) is 0 Å². The van der Waals surface area contributed by atoms with E-state index in [0.29, 0.717) is 17.4 Å². The zero-order chi connectivity index (χ0) is 50.6. The van der Waals surface area contributed by atoms with Gasteiger partial charge in [0, 0.05) is 6.42 Å². The first-order chi connectivity index (χ1) is 33.5. The maximum absolute atomic E-state index is 13.0. The van der Waals surface area contributed by atoms with Gasteiger partial charge in [0.1, 0.15) is 13.2 Å². The van der Waals surface area contributed by atoms with E-state index in [0.717, 1.165) is 103 Å². The molecule has 0 radical (unpaired) electrons. The number of nitrogens with one attached hydrogen (secondary N) is 1. The molecule has 0 aromatic rings. The molecule has 1 amide bonds. The second kappa shape index (κ2) is 49.9. The van der Waals surface area contributed by atoms with E-state index in [-0.39, 0.29) is 19.1 Å². The quantitative estimate of drug-likeness (QED) is 0.0243. The van der Waals surface area contributed by atoms with Crippen molar-refractivity contribution >= 4 is 13.7 Å². The second-order valence-corrected chi connectivity index (χ2v) is 20.7. The summed E-state index contributed by atoms with van der Waals surface area (Å²) in [6.45, 7) is 4.64. The molecular weight excluding hydrogens is 876 g/mol. The Kier molecular flexibility index (Phi) is 47.6. The maximum Gasteiger partial charge on any atom is 0.472 e. The Morgan fingerprint density at radius 3 is 1.33 bits per heavy atom. The lowest BCUT2D eigenvalue weighted by Crippen LogP contribution is -2.45. The SMILES string of the molecule is CC/C=C\C/C=C\C/C=C\C/C=C\C/C=C\C/C=C\C/C=C\CCCCCCCCCC(=O)NC(COP(=O)(O)OCC[N+](C)(C)C)C(O)/C=C/CC/C=C/CC/C=C/CCCCCCCCCC. The molecule has 0 saturated heterocycles. The fourth-order valence-corrected chi connectivity index (χ4v) is 7.85. The minimum absolute atomic E-state index is 0.0443. The molecule has 0 fully saturated rings. The molecular formula is C60H104N2O6P+. The van der Waals surface area contributed by atoms with Gasteiger partial charge in [0.2, 0.25) is 5.91 Å². The van der Waals surface area contributed by atoms with Crippen LogP contribution in [0.3, 0.4) is 0 Å². The molecule has 0 rings (SSSR count). The number of aliphatic hydroxyl groups excluding tert-OH is 1. The smallest absolute Gasteiger partial charge is 0.387 e. The Bertz CT molecular complexity index is 1530. The number of likely N-dealkylation sites (N-methyl/N-ethyl adjacent to an activating group) is 1. The molecule has 69 heavy (non-hydrogen) atoms. The summed E-state index contributed by atoms with van der Waals surface area (Å²) in [5, 5.41) is 13.9. The van der Waals surface area contributed by atoms with Crippen LogP contribution in [0.1, 0.15) is 200 Å². The van der Waals surface area contributed by atoms with E-state index in [1.165, 1.54) is 77.0 Å². The number of nitrogens with zero attached hydrogens (tertiary/aromatic N) is 1. The Hall–Kier alpha value is -3.10. The van der Waals surface area contributed by atoms with Crippen LogP contribution in [0.4, 0.5) is 0 Å². The topological polar surface area (TPSA) is 105 Å². The van der Waals surface area contributed by atoms with Crippen LogP contribution >= 0.6 is 7.82 Å². The first-order valence-electron chi connectivity index (χ1n) is 27.4. The maximum atomic E-state index is 13.0. The lowest BCUT2D eigenvalue weighted by Gasteiger charge is -2.25. The molecule has 0 heterocycles. The average Bonchev–Trinajstić information content (AvgIpc) is 3.31. The molecule has 0 aliphatic carbocycles. The number of aliphatic hydroxyl groups is 1. The van der Waals surface area contributed by atoms with Crippen molar-refractivity contribution in [2.75, 3.05) is 40.9 Å². The van der Waals surface area contributed by atoms with E-state index in [2.05, 4.69) is 129 Å². The van der Waals surface area contributed by atoms with Gasteiger partial charge in [-0.15, -0.1) is 0 Å². The van der Waals surface area contributed by atoms with Crippen LogP contribution in [0.5, 0.6) is 0 Å². The molecule has 0 aliphatic heterocycles. The van der Waals surface area contributed by atoms with E-state index >= 15 is 0 Å². The lowest BCUT2D eigenvalue weighted by atomic mass is 10.1. The van der Waals surface area contributed by atoms with Gasteiger partial charge in [-0.1, -0.05) is 212 Å². The summed E-state index contributed by atoms with van der Waals surface area (Å²) in [4.78, 5) is 23.3. The summed E-state index contributed by atoms with van der Waals surface area (Å²) in [6.07, 6.45) is 74.3. The summed E-state index contributed by atoms with van der Waals surface area (Å²) in [7, 11) is 1.52. The van der Waals surface area contributed by atoms with Crippen molar-refractivity contribution in [3.8, 4) is 0 Å². The van der Waals surface area contributed by atoms with Crippen LogP contribution in [0.15, 0.2) is 122 Å². The number of allylic oxidation sites excluding steroid dienone is 19. The van der Waals surface area contributed by atoms with E-state index < -0.39 is 20.0 Å². The van der Waals surface area contributed by atoms with Gasteiger partial charge < -0.3 is 19.8 Å². The molecule has 394 valence electrons. The molecule has 0 aliphatic rings. The summed E-state index contributed by atoms with van der Waals surface area (Å²) < 4.78 is 23.6. The monoisotopic (exact) mass is 980 g/mol. The molecule has 8 nitrogen and oxygen atoms in total. The molecule has 3 N–H and O–H groups in total. The fraction of sp³-hybridized carbons (Fsp3) is 0.650. The second-order valence-electron chi connectivity index (χ2n) is 19.2. The third kappa shape index (κ3) is 52.6. The predicted molar refractivity (Wildman–Crippen MR) is 299 cm³/mol. The van der Waals surface area contributed by atoms with Crippen molar-refractivity contribution in [2.45, 2.75) is 212 Å². The Labute approximate surface area is 424 Å². The molecule has 9 heteroatoms. The summed E-state index contributed by atoms with van der Waals surface area (Å²) in [5.41, 5.74) is 0. The predicted octanol–water partition coefficient (Wildman–Crippen LogP) is 16.6. The van der Waals surface area contributed by atoms with E-state index in [4.69, 9.17) is 9.05 Å². The molecule has 0 aromatic carbocycles. The van der Waals surface area contributed by atoms with Crippen molar-refractivity contribution < 1.29 is 32.9 Å². The fourth-order valence-electron chi connectivity index (χ4n) is 7.11. The minimum Gasteiger partial charge on any atom is -0.387 e. The normalized spacial score (nSPS) is 14.9. The number of phosphoric ester groups is 1. The number of rotatable bonds is 48. The zero-order valence-electron chi connectivity index (χ0n) is 44.8. The Morgan fingerprint density at radius 2 is 0.884 bits per heavy atom. The third-order valence-corrected chi connectivity index (χ3v) is 12.4. The largest absolute Gasteiger partial charge is 0.472 e. The van der Waals surface area contributed by atoms with Crippen molar-refractivity contribution in [2.24, 2.45) is 0 Å². The van der Waals surface area contributed by atoms with E-state index in [9.17, 15) is 19.4 Å². The molecule has 3 unspecified atom stereocenters.